The average Bonchev–Trinajstić information content (AvgIpc) is 2.29. The molecule has 0 aliphatic heterocycles. The van der Waals surface area contributed by atoms with Crippen LogP contribution < -0.4 is 0 Å². The van der Waals surface area contributed by atoms with Crippen LogP contribution in [0.25, 0.3) is 0 Å². The molecule has 0 saturated carbocycles. The molecule has 2 heteroatoms. The lowest BCUT2D eigenvalue weighted by molar-refractivity contribution is -0.140. The molecule has 0 heterocycles. The molecule has 2 nitrogen and oxygen atoms in total. The minimum atomic E-state index is -0.123. The summed E-state index contributed by atoms with van der Waals surface area (Å²) in [7, 11) is 1.43. The molecule has 1 aromatic carbocycles. The Bertz CT molecular complexity index is 342. The molecule has 0 fully saturated rings. The van der Waals surface area contributed by atoms with E-state index in [1.807, 2.05) is 0 Å². The van der Waals surface area contributed by atoms with Crippen molar-refractivity contribution in [2.75, 3.05) is 7.11 Å². The van der Waals surface area contributed by atoms with Gasteiger partial charge in [0.05, 0.1) is 7.11 Å². The van der Waals surface area contributed by atoms with Crippen molar-refractivity contribution in [1.82, 2.24) is 0 Å². The lowest BCUT2D eigenvalue weighted by atomic mass is 9.94. The summed E-state index contributed by atoms with van der Waals surface area (Å²) in [6, 6.07) is 8.43. The van der Waals surface area contributed by atoms with E-state index in [0.717, 1.165) is 12.8 Å². The number of carbonyl (C=O) groups excluding carboxylic acids is 1. The number of ether oxygens (including phenoxy) is 1. The summed E-state index contributed by atoms with van der Waals surface area (Å²) in [6.07, 6.45) is 2.31. The predicted molar refractivity (Wildman–Crippen MR) is 65.5 cm³/mol. The lowest BCUT2D eigenvalue weighted by Gasteiger charge is -2.11. The number of hydrogen-bond acceptors (Lipinski definition) is 2. The van der Waals surface area contributed by atoms with Crippen LogP contribution in [0.4, 0.5) is 0 Å². The highest BCUT2D eigenvalue weighted by Gasteiger charge is 2.06. The van der Waals surface area contributed by atoms with Gasteiger partial charge in [0.1, 0.15) is 0 Å². The molecule has 0 atom stereocenters. The Labute approximate surface area is 97.6 Å². The summed E-state index contributed by atoms with van der Waals surface area (Å²) in [6.45, 7) is 4.39. The maximum Gasteiger partial charge on any atom is 0.305 e. The molecule has 0 aromatic heterocycles. The summed E-state index contributed by atoms with van der Waals surface area (Å²) >= 11 is 0. The number of rotatable bonds is 5. The second-order valence-corrected chi connectivity index (χ2v) is 4.28. The van der Waals surface area contributed by atoms with Crippen LogP contribution in [0.2, 0.25) is 0 Å². The van der Waals surface area contributed by atoms with Crippen molar-refractivity contribution in [3.63, 3.8) is 0 Å². The highest BCUT2D eigenvalue weighted by Crippen LogP contribution is 2.20. The average molecular weight is 220 g/mol. The van der Waals surface area contributed by atoms with Crippen LogP contribution in [0.15, 0.2) is 24.3 Å². The Balaban J connectivity index is 2.56. The van der Waals surface area contributed by atoms with Gasteiger partial charge in [0.15, 0.2) is 0 Å². The van der Waals surface area contributed by atoms with Crippen LogP contribution in [-0.4, -0.2) is 13.1 Å². The number of esters is 1. The number of methoxy groups -OCH3 is 1. The van der Waals surface area contributed by atoms with E-state index in [2.05, 4.69) is 42.8 Å². The van der Waals surface area contributed by atoms with Crippen LogP contribution in [0.5, 0.6) is 0 Å². The van der Waals surface area contributed by atoms with E-state index in [-0.39, 0.29) is 5.97 Å². The van der Waals surface area contributed by atoms with Gasteiger partial charge in [-0.2, -0.15) is 0 Å². The molecule has 0 aliphatic carbocycles. The summed E-state index contributed by atoms with van der Waals surface area (Å²) in [5, 5.41) is 0. The maximum absolute atomic E-state index is 11.0. The summed E-state index contributed by atoms with van der Waals surface area (Å²) in [4.78, 5) is 11.0. The monoisotopic (exact) mass is 220 g/mol. The first-order chi connectivity index (χ1) is 7.65. The predicted octanol–water partition coefficient (Wildman–Crippen LogP) is 3.31. The van der Waals surface area contributed by atoms with Crippen LogP contribution in [0.1, 0.15) is 43.7 Å². The molecule has 88 valence electrons. The zero-order valence-corrected chi connectivity index (χ0v) is 10.3. The zero-order chi connectivity index (χ0) is 12.0. The summed E-state index contributed by atoms with van der Waals surface area (Å²) in [5.74, 6) is 0.413. The Morgan fingerprint density at radius 1 is 1.31 bits per heavy atom. The van der Waals surface area contributed by atoms with Crippen LogP contribution in [0, 0.1) is 0 Å². The molecule has 0 amide bonds. The van der Waals surface area contributed by atoms with Gasteiger partial charge in [-0.15, -0.1) is 0 Å². The first-order valence-corrected chi connectivity index (χ1v) is 5.79. The SMILES string of the molecule is COC(=O)CCCc1ccccc1C(C)C. The van der Waals surface area contributed by atoms with Crippen LogP contribution in [0.3, 0.4) is 0 Å². The van der Waals surface area contributed by atoms with Crippen molar-refractivity contribution >= 4 is 5.97 Å². The van der Waals surface area contributed by atoms with Gasteiger partial charge in [0, 0.05) is 6.42 Å². The number of carbonyl (C=O) groups is 1. The molecule has 0 unspecified atom stereocenters. The fraction of sp³-hybridized carbons (Fsp3) is 0.500. The van der Waals surface area contributed by atoms with E-state index in [1.165, 1.54) is 18.2 Å². The van der Waals surface area contributed by atoms with E-state index >= 15 is 0 Å². The molecular weight excluding hydrogens is 200 g/mol. The smallest absolute Gasteiger partial charge is 0.305 e. The van der Waals surface area contributed by atoms with Gasteiger partial charge in [-0.3, -0.25) is 4.79 Å². The van der Waals surface area contributed by atoms with Crippen molar-refractivity contribution in [2.45, 2.75) is 39.0 Å². The first kappa shape index (κ1) is 12.8. The number of benzene rings is 1. The summed E-state index contributed by atoms with van der Waals surface area (Å²) in [5.41, 5.74) is 2.73. The van der Waals surface area contributed by atoms with E-state index in [4.69, 9.17) is 0 Å². The molecule has 0 N–H and O–H groups in total. The standard InChI is InChI=1S/C14H20O2/c1-11(2)13-9-5-4-7-12(13)8-6-10-14(15)16-3/h4-5,7,9,11H,6,8,10H2,1-3H3. The Hall–Kier alpha value is -1.31. The zero-order valence-electron chi connectivity index (χ0n) is 10.3. The van der Waals surface area contributed by atoms with Crippen molar-refractivity contribution in [3.05, 3.63) is 35.4 Å². The quantitative estimate of drug-likeness (QED) is 0.712. The minimum absolute atomic E-state index is 0.123. The Morgan fingerprint density at radius 2 is 2.00 bits per heavy atom. The Morgan fingerprint density at radius 3 is 2.62 bits per heavy atom. The molecule has 0 saturated heterocycles. The molecule has 0 aliphatic rings. The van der Waals surface area contributed by atoms with E-state index in [1.54, 1.807) is 0 Å². The second-order valence-electron chi connectivity index (χ2n) is 4.28. The van der Waals surface area contributed by atoms with E-state index in [9.17, 15) is 4.79 Å². The molecule has 1 rings (SSSR count). The maximum atomic E-state index is 11.0. The normalized spacial score (nSPS) is 10.5. The van der Waals surface area contributed by atoms with Gasteiger partial charge < -0.3 is 4.74 Å². The van der Waals surface area contributed by atoms with Crippen molar-refractivity contribution in [3.8, 4) is 0 Å². The van der Waals surface area contributed by atoms with Gasteiger partial charge in [-0.1, -0.05) is 38.1 Å². The second kappa shape index (κ2) is 6.31. The third-order valence-electron chi connectivity index (χ3n) is 2.73. The fourth-order valence-electron chi connectivity index (χ4n) is 1.85. The van der Waals surface area contributed by atoms with Gasteiger partial charge in [-0.25, -0.2) is 0 Å². The fourth-order valence-corrected chi connectivity index (χ4v) is 1.85. The van der Waals surface area contributed by atoms with E-state index in [0.29, 0.717) is 12.3 Å². The molecular formula is C14H20O2. The Kier molecular flexibility index (Phi) is 5.03. The van der Waals surface area contributed by atoms with Crippen LogP contribution in [-0.2, 0) is 16.0 Å². The molecule has 0 radical (unpaired) electrons. The van der Waals surface area contributed by atoms with E-state index < -0.39 is 0 Å². The van der Waals surface area contributed by atoms with Gasteiger partial charge in [0.25, 0.3) is 0 Å². The first-order valence-electron chi connectivity index (χ1n) is 5.79. The van der Waals surface area contributed by atoms with Gasteiger partial charge >= 0.3 is 5.97 Å². The van der Waals surface area contributed by atoms with Crippen LogP contribution >= 0.6 is 0 Å². The molecule has 1 aromatic rings. The third-order valence-corrected chi connectivity index (χ3v) is 2.73. The van der Waals surface area contributed by atoms with Crippen molar-refractivity contribution in [1.29, 1.82) is 0 Å². The highest BCUT2D eigenvalue weighted by molar-refractivity contribution is 5.69. The third kappa shape index (κ3) is 3.69. The van der Waals surface area contributed by atoms with Gasteiger partial charge in [0.2, 0.25) is 0 Å². The van der Waals surface area contributed by atoms with Gasteiger partial charge in [-0.05, 0) is 29.9 Å². The lowest BCUT2D eigenvalue weighted by Crippen LogP contribution is -2.02. The van der Waals surface area contributed by atoms with Crippen molar-refractivity contribution < 1.29 is 9.53 Å². The van der Waals surface area contributed by atoms with Crippen molar-refractivity contribution in [2.24, 2.45) is 0 Å². The largest absolute Gasteiger partial charge is 0.469 e. The molecule has 16 heavy (non-hydrogen) atoms. The molecule has 0 bridgehead atoms. The number of aryl methyl sites for hydroxylation is 1. The summed E-state index contributed by atoms with van der Waals surface area (Å²) < 4.78 is 4.63. The number of hydrogen-bond donors (Lipinski definition) is 0. The minimum Gasteiger partial charge on any atom is -0.469 e. The highest BCUT2D eigenvalue weighted by atomic mass is 16.5. The molecule has 0 spiro atoms. The topological polar surface area (TPSA) is 26.3 Å².